The lowest BCUT2D eigenvalue weighted by Gasteiger charge is -2.17. The highest BCUT2D eigenvalue weighted by Gasteiger charge is 2.25. The summed E-state index contributed by atoms with van der Waals surface area (Å²) < 4.78 is 11.3. The molecule has 0 unspecified atom stereocenters. The predicted octanol–water partition coefficient (Wildman–Crippen LogP) is 3.09. The van der Waals surface area contributed by atoms with Gasteiger partial charge in [-0.15, -0.1) is 0 Å². The van der Waals surface area contributed by atoms with Gasteiger partial charge in [0.1, 0.15) is 17.2 Å². The van der Waals surface area contributed by atoms with Gasteiger partial charge in [-0.2, -0.15) is 0 Å². The number of hydrogen-bond acceptors (Lipinski definition) is 4. The van der Waals surface area contributed by atoms with Crippen molar-refractivity contribution in [3.05, 3.63) is 54.6 Å². The summed E-state index contributed by atoms with van der Waals surface area (Å²) in [6.45, 7) is 1.68. The molecule has 0 spiro atoms. The first-order valence-corrected chi connectivity index (χ1v) is 8.59. The molecule has 0 aromatic heterocycles. The number of nitrogens with zero attached hydrogens (tertiary/aromatic N) is 1. The average Bonchev–Trinajstić information content (AvgIpc) is 3.11. The molecule has 1 aliphatic heterocycles. The molecule has 0 radical (unpaired) electrons. The summed E-state index contributed by atoms with van der Waals surface area (Å²) in [6.07, 6.45) is 1.71. The quantitative estimate of drug-likeness (QED) is 0.841. The summed E-state index contributed by atoms with van der Waals surface area (Å²) >= 11 is 0. The van der Waals surface area contributed by atoms with Gasteiger partial charge in [0.2, 0.25) is 0 Å². The number of amides is 1. The van der Waals surface area contributed by atoms with Crippen LogP contribution in [0.25, 0.3) is 0 Å². The first-order chi connectivity index (χ1) is 12.2. The number of rotatable bonds is 7. The Balaban J connectivity index is 1.46. The fraction of sp³-hybridized carbons (Fsp3) is 0.350. The van der Waals surface area contributed by atoms with Gasteiger partial charge in [-0.25, -0.2) is 0 Å². The van der Waals surface area contributed by atoms with Crippen molar-refractivity contribution in [2.24, 2.45) is 5.92 Å². The van der Waals surface area contributed by atoms with Gasteiger partial charge >= 0.3 is 0 Å². The van der Waals surface area contributed by atoms with Crippen molar-refractivity contribution in [3.8, 4) is 17.2 Å². The maximum Gasteiger partial charge on any atom is 0.260 e. The Bertz CT molecular complexity index is 672. The van der Waals surface area contributed by atoms with E-state index in [1.165, 1.54) is 0 Å². The Morgan fingerprint density at radius 1 is 1.04 bits per heavy atom. The van der Waals surface area contributed by atoms with E-state index in [4.69, 9.17) is 14.6 Å². The van der Waals surface area contributed by atoms with Crippen molar-refractivity contribution in [2.75, 3.05) is 26.3 Å². The molecule has 5 heteroatoms. The highest BCUT2D eigenvalue weighted by molar-refractivity contribution is 5.78. The maximum absolute atomic E-state index is 12.2. The summed E-state index contributed by atoms with van der Waals surface area (Å²) in [6, 6.07) is 16.8. The maximum atomic E-state index is 12.2. The van der Waals surface area contributed by atoms with E-state index >= 15 is 0 Å². The van der Waals surface area contributed by atoms with Crippen LogP contribution in [0.2, 0.25) is 0 Å². The van der Waals surface area contributed by atoms with Crippen LogP contribution in [-0.4, -0.2) is 42.2 Å². The van der Waals surface area contributed by atoms with Crippen LogP contribution in [-0.2, 0) is 4.79 Å². The molecule has 0 saturated carbocycles. The first-order valence-electron chi connectivity index (χ1n) is 8.59. The van der Waals surface area contributed by atoms with Gasteiger partial charge in [-0.1, -0.05) is 18.2 Å². The molecule has 1 saturated heterocycles. The lowest BCUT2D eigenvalue weighted by molar-refractivity contribution is -0.132. The highest BCUT2D eigenvalue weighted by atomic mass is 16.5. The summed E-state index contributed by atoms with van der Waals surface area (Å²) in [4.78, 5) is 14.0. The monoisotopic (exact) mass is 341 g/mol. The molecule has 2 aromatic rings. The number of aliphatic hydroxyl groups excluding tert-OH is 1. The zero-order chi connectivity index (χ0) is 17.5. The number of hydrogen-bond donors (Lipinski definition) is 1. The van der Waals surface area contributed by atoms with Gasteiger partial charge < -0.3 is 19.5 Å². The fourth-order valence-electron chi connectivity index (χ4n) is 2.94. The van der Waals surface area contributed by atoms with Crippen molar-refractivity contribution < 1.29 is 19.4 Å². The third-order valence-corrected chi connectivity index (χ3v) is 4.34. The number of likely N-dealkylation sites (tertiary alicyclic amines) is 1. The predicted molar refractivity (Wildman–Crippen MR) is 94.8 cm³/mol. The van der Waals surface area contributed by atoms with Crippen molar-refractivity contribution in [1.82, 2.24) is 4.90 Å². The van der Waals surface area contributed by atoms with Crippen LogP contribution in [0.5, 0.6) is 17.2 Å². The Morgan fingerprint density at radius 2 is 1.72 bits per heavy atom. The normalized spacial score (nSPS) is 16.7. The minimum absolute atomic E-state index is 0.00921. The van der Waals surface area contributed by atoms with Crippen molar-refractivity contribution in [3.63, 3.8) is 0 Å². The van der Waals surface area contributed by atoms with Gasteiger partial charge in [0, 0.05) is 19.7 Å². The number of carbonyl (C=O) groups is 1. The molecule has 1 aliphatic rings. The minimum atomic E-state index is -0.00921. The van der Waals surface area contributed by atoms with E-state index in [1.54, 1.807) is 12.1 Å². The largest absolute Gasteiger partial charge is 0.484 e. The molecule has 1 N–H and O–H groups in total. The van der Waals surface area contributed by atoms with Gasteiger partial charge in [-0.05, 0) is 55.2 Å². The zero-order valence-corrected chi connectivity index (χ0v) is 14.1. The van der Waals surface area contributed by atoms with Crippen LogP contribution in [0, 0.1) is 5.92 Å². The molecular formula is C20H23NO4. The minimum Gasteiger partial charge on any atom is -0.484 e. The van der Waals surface area contributed by atoms with E-state index < -0.39 is 0 Å². The Labute approximate surface area is 147 Å². The summed E-state index contributed by atoms with van der Waals surface area (Å²) in [5.41, 5.74) is 0. The SMILES string of the molecule is O=C(COc1ccc(Oc2ccccc2)cc1)N1CC[C@@H](CCO)C1. The van der Waals surface area contributed by atoms with Crippen LogP contribution in [0.1, 0.15) is 12.8 Å². The topological polar surface area (TPSA) is 59.0 Å². The van der Waals surface area contributed by atoms with Crippen molar-refractivity contribution in [2.45, 2.75) is 12.8 Å². The molecule has 0 aliphatic carbocycles. The van der Waals surface area contributed by atoms with Gasteiger partial charge in [-0.3, -0.25) is 4.79 Å². The second kappa shape index (κ2) is 8.53. The van der Waals surface area contributed by atoms with E-state index in [2.05, 4.69) is 0 Å². The smallest absolute Gasteiger partial charge is 0.260 e. The molecule has 1 amide bonds. The molecule has 3 rings (SSSR count). The van der Waals surface area contributed by atoms with E-state index in [1.807, 2.05) is 47.4 Å². The summed E-state index contributed by atoms with van der Waals surface area (Å²) in [5.74, 6) is 2.53. The Kier molecular flexibility index (Phi) is 5.90. The lowest BCUT2D eigenvalue weighted by Crippen LogP contribution is -2.33. The third kappa shape index (κ3) is 4.97. The molecule has 132 valence electrons. The molecular weight excluding hydrogens is 318 g/mol. The highest BCUT2D eigenvalue weighted by Crippen LogP contribution is 2.24. The van der Waals surface area contributed by atoms with Gasteiger partial charge in [0.15, 0.2) is 6.61 Å². The molecule has 1 atom stereocenters. The van der Waals surface area contributed by atoms with Gasteiger partial charge in [0.25, 0.3) is 5.91 Å². The Hall–Kier alpha value is -2.53. The number of benzene rings is 2. The van der Waals surface area contributed by atoms with Crippen LogP contribution in [0.15, 0.2) is 54.6 Å². The zero-order valence-electron chi connectivity index (χ0n) is 14.1. The van der Waals surface area contributed by atoms with E-state index in [-0.39, 0.29) is 19.1 Å². The van der Waals surface area contributed by atoms with Crippen molar-refractivity contribution in [1.29, 1.82) is 0 Å². The lowest BCUT2D eigenvalue weighted by atomic mass is 10.1. The van der Waals surface area contributed by atoms with Crippen LogP contribution in [0.4, 0.5) is 0 Å². The van der Waals surface area contributed by atoms with E-state index in [0.29, 0.717) is 18.2 Å². The summed E-state index contributed by atoms with van der Waals surface area (Å²) in [7, 11) is 0. The number of ether oxygens (including phenoxy) is 2. The number of carbonyl (C=O) groups excluding carboxylic acids is 1. The Morgan fingerprint density at radius 3 is 2.44 bits per heavy atom. The van der Waals surface area contributed by atoms with Crippen LogP contribution in [0.3, 0.4) is 0 Å². The molecule has 1 heterocycles. The molecule has 5 nitrogen and oxygen atoms in total. The van der Waals surface area contributed by atoms with Gasteiger partial charge in [0.05, 0.1) is 0 Å². The number of aliphatic hydroxyl groups is 1. The standard InChI is InChI=1S/C20H23NO4/c22-13-11-16-10-12-21(14-16)20(23)15-24-17-6-8-19(9-7-17)25-18-4-2-1-3-5-18/h1-9,16,22H,10-15H2/t16-/m0/s1. The molecule has 25 heavy (non-hydrogen) atoms. The van der Waals surface area contributed by atoms with E-state index in [9.17, 15) is 4.79 Å². The first kappa shape index (κ1) is 17.3. The molecule has 2 aromatic carbocycles. The van der Waals surface area contributed by atoms with Crippen LogP contribution >= 0.6 is 0 Å². The second-order valence-electron chi connectivity index (χ2n) is 6.18. The summed E-state index contributed by atoms with van der Waals surface area (Å²) in [5, 5.41) is 8.98. The average molecular weight is 341 g/mol. The number of para-hydroxylation sites is 1. The third-order valence-electron chi connectivity index (χ3n) is 4.34. The van der Waals surface area contributed by atoms with E-state index in [0.717, 1.165) is 30.9 Å². The molecule has 1 fully saturated rings. The van der Waals surface area contributed by atoms with Crippen molar-refractivity contribution >= 4 is 5.91 Å². The van der Waals surface area contributed by atoms with Crippen LogP contribution < -0.4 is 9.47 Å². The molecule has 0 bridgehead atoms. The second-order valence-corrected chi connectivity index (χ2v) is 6.18. The fourth-order valence-corrected chi connectivity index (χ4v) is 2.94.